The quantitative estimate of drug-likeness (QED) is 0.801. The molecule has 0 unspecified atom stereocenters. The molecular formula is C16H19NO3S2. The van der Waals surface area contributed by atoms with Gasteiger partial charge in [0.2, 0.25) is 10.0 Å². The van der Waals surface area contributed by atoms with Crippen LogP contribution < -0.4 is 4.72 Å². The van der Waals surface area contributed by atoms with Crippen molar-refractivity contribution < 1.29 is 12.6 Å². The molecule has 0 spiro atoms. The van der Waals surface area contributed by atoms with E-state index in [0.717, 1.165) is 5.56 Å². The van der Waals surface area contributed by atoms with Crippen LogP contribution in [0.5, 0.6) is 0 Å². The molecule has 0 fully saturated rings. The van der Waals surface area contributed by atoms with Gasteiger partial charge < -0.3 is 0 Å². The van der Waals surface area contributed by atoms with Crippen molar-refractivity contribution in [2.45, 2.75) is 11.3 Å². The molecule has 0 aliphatic rings. The summed E-state index contributed by atoms with van der Waals surface area (Å²) < 4.78 is 38.3. The zero-order chi connectivity index (χ0) is 15.8. The third kappa shape index (κ3) is 5.71. The van der Waals surface area contributed by atoms with E-state index in [1.807, 2.05) is 48.5 Å². The molecule has 0 aromatic heterocycles. The largest absolute Gasteiger partial charge is 0.254 e. The number of nitrogens with one attached hydrogen (secondary N) is 1. The summed E-state index contributed by atoms with van der Waals surface area (Å²) in [6.45, 7) is 0.179. The molecule has 0 radical (unpaired) electrons. The minimum Gasteiger partial charge on any atom is -0.254 e. The molecule has 4 nitrogen and oxygen atoms in total. The van der Waals surface area contributed by atoms with Gasteiger partial charge in [-0.1, -0.05) is 48.5 Å². The lowest BCUT2D eigenvalue weighted by molar-refractivity contribution is 0.583. The summed E-state index contributed by atoms with van der Waals surface area (Å²) in [7, 11) is -4.53. The van der Waals surface area contributed by atoms with Crippen molar-refractivity contribution in [3.63, 3.8) is 0 Å². The predicted octanol–water partition coefficient (Wildman–Crippen LogP) is 1.96. The number of sulfonamides is 1. The molecule has 1 atom stereocenters. The van der Waals surface area contributed by atoms with Crippen LogP contribution in [0.4, 0.5) is 0 Å². The molecule has 6 heteroatoms. The Morgan fingerprint density at radius 1 is 0.909 bits per heavy atom. The highest BCUT2D eigenvalue weighted by molar-refractivity contribution is 7.89. The van der Waals surface area contributed by atoms with Crippen molar-refractivity contribution in [2.75, 3.05) is 18.1 Å². The van der Waals surface area contributed by atoms with Crippen LogP contribution in [0, 0.1) is 0 Å². The molecule has 118 valence electrons. The molecular weight excluding hydrogens is 318 g/mol. The fourth-order valence-corrected chi connectivity index (χ4v) is 4.12. The predicted molar refractivity (Wildman–Crippen MR) is 89.7 cm³/mol. The normalized spacial score (nSPS) is 12.9. The number of hydrogen-bond acceptors (Lipinski definition) is 3. The van der Waals surface area contributed by atoms with Gasteiger partial charge in [-0.05, 0) is 24.1 Å². The molecule has 0 aliphatic heterocycles. The van der Waals surface area contributed by atoms with Gasteiger partial charge in [0.15, 0.2) is 0 Å². The van der Waals surface area contributed by atoms with Gasteiger partial charge in [0, 0.05) is 17.2 Å². The van der Waals surface area contributed by atoms with Gasteiger partial charge in [0.1, 0.15) is 0 Å². The third-order valence-corrected chi connectivity index (χ3v) is 5.88. The maximum Gasteiger partial charge on any atom is 0.211 e. The topological polar surface area (TPSA) is 63.2 Å². The maximum atomic E-state index is 12.0. The first-order valence-corrected chi connectivity index (χ1v) is 9.99. The summed E-state index contributed by atoms with van der Waals surface area (Å²) in [4.78, 5) is 0.714. The Morgan fingerprint density at radius 3 is 2.14 bits per heavy atom. The summed E-state index contributed by atoms with van der Waals surface area (Å²) in [5, 5.41) is 0. The first-order valence-electron chi connectivity index (χ1n) is 7.01. The van der Waals surface area contributed by atoms with E-state index in [9.17, 15) is 12.6 Å². The van der Waals surface area contributed by atoms with E-state index in [4.69, 9.17) is 0 Å². The van der Waals surface area contributed by atoms with E-state index in [1.54, 1.807) is 12.1 Å². The number of hydrogen-bond donors (Lipinski definition) is 1. The van der Waals surface area contributed by atoms with Crippen LogP contribution in [0.25, 0.3) is 0 Å². The monoisotopic (exact) mass is 337 g/mol. The zero-order valence-corrected chi connectivity index (χ0v) is 13.8. The van der Waals surface area contributed by atoms with Crippen LogP contribution in [-0.4, -0.2) is 30.7 Å². The van der Waals surface area contributed by atoms with E-state index >= 15 is 0 Å². The van der Waals surface area contributed by atoms with Gasteiger partial charge in [-0.2, -0.15) is 0 Å². The SMILES string of the molecule is O=[S@@](CCNS(=O)(=O)CCc1ccccc1)c1ccccc1. The van der Waals surface area contributed by atoms with Gasteiger partial charge >= 0.3 is 0 Å². The van der Waals surface area contributed by atoms with Gasteiger partial charge in [-0.25, -0.2) is 13.1 Å². The molecule has 0 saturated heterocycles. The highest BCUT2D eigenvalue weighted by atomic mass is 32.2. The van der Waals surface area contributed by atoms with Crippen molar-refractivity contribution in [3.05, 3.63) is 66.2 Å². The highest BCUT2D eigenvalue weighted by Crippen LogP contribution is 2.05. The van der Waals surface area contributed by atoms with E-state index < -0.39 is 20.8 Å². The van der Waals surface area contributed by atoms with E-state index in [0.29, 0.717) is 11.3 Å². The Balaban J connectivity index is 1.77. The molecule has 2 aromatic carbocycles. The smallest absolute Gasteiger partial charge is 0.211 e. The molecule has 1 N–H and O–H groups in total. The van der Waals surface area contributed by atoms with Gasteiger partial charge in [0.25, 0.3) is 0 Å². The van der Waals surface area contributed by atoms with E-state index in [-0.39, 0.29) is 18.1 Å². The molecule has 0 saturated carbocycles. The molecule has 2 rings (SSSR count). The Kier molecular flexibility index (Phi) is 6.30. The standard InChI is InChI=1S/C16H19NO3S2/c18-21(16-9-5-2-6-10-16)13-12-17-22(19,20)14-11-15-7-3-1-4-8-15/h1-10,17H,11-14H2/t21-/m0/s1. The highest BCUT2D eigenvalue weighted by Gasteiger charge is 2.11. The summed E-state index contributed by atoms with van der Waals surface area (Å²) in [6.07, 6.45) is 0.470. The van der Waals surface area contributed by atoms with Crippen LogP contribution in [0.3, 0.4) is 0 Å². The second-order valence-corrected chi connectivity index (χ2v) is 8.31. The van der Waals surface area contributed by atoms with E-state index in [2.05, 4.69) is 4.72 Å². The summed E-state index contributed by atoms with van der Waals surface area (Å²) in [5.74, 6) is 0.309. The Hall–Kier alpha value is -1.50. The molecule has 0 heterocycles. The van der Waals surface area contributed by atoms with Crippen LogP contribution in [-0.2, 0) is 27.2 Å². The average Bonchev–Trinajstić information content (AvgIpc) is 2.55. The van der Waals surface area contributed by atoms with Gasteiger partial charge in [-0.3, -0.25) is 4.21 Å². The average molecular weight is 337 g/mol. The lowest BCUT2D eigenvalue weighted by Crippen LogP contribution is -2.30. The van der Waals surface area contributed by atoms with Gasteiger partial charge in [-0.15, -0.1) is 0 Å². The minimum atomic E-state index is -3.34. The van der Waals surface area contributed by atoms with Crippen LogP contribution in [0.1, 0.15) is 5.56 Å². The Bertz CT molecular complexity index is 701. The van der Waals surface area contributed by atoms with Gasteiger partial charge in [0.05, 0.1) is 16.6 Å². The lowest BCUT2D eigenvalue weighted by atomic mass is 10.2. The second-order valence-electron chi connectivity index (χ2n) is 4.81. The molecule has 2 aromatic rings. The van der Waals surface area contributed by atoms with Crippen molar-refractivity contribution in [1.82, 2.24) is 4.72 Å². The van der Waals surface area contributed by atoms with Crippen molar-refractivity contribution >= 4 is 20.8 Å². The Morgan fingerprint density at radius 2 is 1.50 bits per heavy atom. The van der Waals surface area contributed by atoms with Crippen LogP contribution in [0.2, 0.25) is 0 Å². The molecule has 22 heavy (non-hydrogen) atoms. The maximum absolute atomic E-state index is 12.0. The van der Waals surface area contributed by atoms with Crippen molar-refractivity contribution in [3.8, 4) is 0 Å². The number of rotatable bonds is 8. The molecule has 0 bridgehead atoms. The summed E-state index contributed by atoms with van der Waals surface area (Å²) in [6, 6.07) is 18.5. The van der Waals surface area contributed by atoms with Crippen molar-refractivity contribution in [1.29, 1.82) is 0 Å². The second kappa shape index (κ2) is 8.22. The summed E-state index contributed by atoms with van der Waals surface area (Å²) >= 11 is 0. The molecule has 0 amide bonds. The zero-order valence-electron chi connectivity index (χ0n) is 12.1. The molecule has 0 aliphatic carbocycles. The van der Waals surface area contributed by atoms with Crippen molar-refractivity contribution in [2.24, 2.45) is 0 Å². The lowest BCUT2D eigenvalue weighted by Gasteiger charge is -2.07. The fourth-order valence-electron chi connectivity index (χ4n) is 1.95. The number of aryl methyl sites for hydroxylation is 1. The van der Waals surface area contributed by atoms with Crippen LogP contribution >= 0.6 is 0 Å². The Labute approximate surface area is 134 Å². The third-order valence-electron chi connectivity index (χ3n) is 3.12. The van der Waals surface area contributed by atoms with E-state index in [1.165, 1.54) is 0 Å². The minimum absolute atomic E-state index is 0.0367. The number of benzene rings is 2. The fraction of sp³-hybridized carbons (Fsp3) is 0.250. The first kappa shape index (κ1) is 16.9. The van der Waals surface area contributed by atoms with Crippen LogP contribution in [0.15, 0.2) is 65.6 Å². The first-order chi connectivity index (χ1) is 10.6. The summed E-state index contributed by atoms with van der Waals surface area (Å²) in [5.41, 5.74) is 0.987.